The molecule has 0 bridgehead atoms. The highest BCUT2D eigenvalue weighted by atomic mass is 32.3. The van der Waals surface area contributed by atoms with Gasteiger partial charge < -0.3 is 21.3 Å². The summed E-state index contributed by atoms with van der Waals surface area (Å²) in [5, 5.41) is 14.8. The van der Waals surface area contributed by atoms with Crippen molar-refractivity contribution in [1.82, 2.24) is 19.6 Å². The second-order valence-corrected chi connectivity index (χ2v) is 12.0. The molecule has 2 aliphatic rings. The molecule has 8 N–H and O–H groups in total. The van der Waals surface area contributed by atoms with Crippen LogP contribution in [0, 0.1) is 10.8 Å². The van der Waals surface area contributed by atoms with Crippen LogP contribution >= 0.6 is 23.5 Å². The number of nitrogens with two attached hydrogens (primary N) is 2. The zero-order valence-corrected chi connectivity index (χ0v) is 26.0. The maximum Gasteiger partial charge on any atom is 0.394 e. The number of nitrogens with one attached hydrogen (secondary N) is 2. The standard InChI is InChI=1S/2C13H20N4S.H2O4S/c2*1-18-12-5-3-2-4-11(12)10-16-6-8-17(9-7-16)13(14)15;1-5(2,3)4/h2*2-5H,6-10H2,1H3,(H3,14,15);(H2,1,2,3,4). The van der Waals surface area contributed by atoms with Gasteiger partial charge in [0.25, 0.3) is 0 Å². The first-order valence-corrected chi connectivity index (χ1v) is 16.8. The van der Waals surface area contributed by atoms with Crippen LogP contribution in [0.3, 0.4) is 0 Å². The normalized spacial score (nSPS) is 16.2. The summed E-state index contributed by atoms with van der Waals surface area (Å²) in [6.45, 7) is 9.31. The zero-order valence-electron chi connectivity index (χ0n) is 23.6. The molecule has 2 heterocycles. The first-order valence-electron chi connectivity index (χ1n) is 13.0. The Kier molecular flexibility index (Phi) is 14.7. The Hall–Kier alpha value is -2.53. The topological polar surface area (TPSA) is 187 Å². The van der Waals surface area contributed by atoms with Crippen molar-refractivity contribution in [3.05, 3.63) is 59.7 Å². The van der Waals surface area contributed by atoms with E-state index in [9.17, 15) is 0 Å². The number of guanidine groups is 2. The monoisotopic (exact) mass is 626 g/mol. The molecule has 15 heteroatoms. The first-order chi connectivity index (χ1) is 19.4. The summed E-state index contributed by atoms with van der Waals surface area (Å²) in [6, 6.07) is 17.1. The molecule has 228 valence electrons. The van der Waals surface area contributed by atoms with E-state index in [2.05, 4.69) is 70.8 Å². The second kappa shape index (κ2) is 17.4. The molecule has 0 amide bonds. The van der Waals surface area contributed by atoms with Gasteiger partial charge in [-0.3, -0.25) is 29.7 Å². The zero-order chi connectivity index (χ0) is 30.4. The van der Waals surface area contributed by atoms with Crippen LogP contribution in [-0.4, -0.2) is 114 Å². The molecule has 0 saturated carbocycles. The second-order valence-electron chi connectivity index (χ2n) is 9.37. The van der Waals surface area contributed by atoms with Gasteiger partial charge in [0.2, 0.25) is 0 Å². The quantitative estimate of drug-likeness (QED) is 0.119. The number of nitrogens with zero attached hydrogens (tertiary/aromatic N) is 4. The van der Waals surface area contributed by atoms with Gasteiger partial charge >= 0.3 is 10.4 Å². The summed E-state index contributed by atoms with van der Waals surface area (Å²) >= 11 is 3.60. The molecular weight excluding hydrogens is 585 g/mol. The average molecular weight is 627 g/mol. The fourth-order valence-corrected chi connectivity index (χ4v) is 5.66. The Bertz CT molecular complexity index is 1130. The Morgan fingerprint density at radius 3 is 1.27 bits per heavy atom. The van der Waals surface area contributed by atoms with Crippen LogP contribution in [0.5, 0.6) is 0 Å². The van der Waals surface area contributed by atoms with E-state index in [1.165, 1.54) is 20.9 Å². The summed E-state index contributed by atoms with van der Waals surface area (Å²) in [6.07, 6.45) is 4.24. The minimum absolute atomic E-state index is 0.194. The molecule has 2 fully saturated rings. The summed E-state index contributed by atoms with van der Waals surface area (Å²) in [5.74, 6) is 0.387. The Balaban J connectivity index is 0.000000247. The molecule has 41 heavy (non-hydrogen) atoms. The number of hydrogen-bond donors (Lipinski definition) is 6. The van der Waals surface area contributed by atoms with E-state index in [-0.39, 0.29) is 11.9 Å². The largest absolute Gasteiger partial charge is 0.394 e. The smallest absolute Gasteiger partial charge is 0.370 e. The van der Waals surface area contributed by atoms with Crippen LogP contribution in [0.1, 0.15) is 11.1 Å². The molecule has 0 radical (unpaired) electrons. The van der Waals surface area contributed by atoms with Crippen molar-refractivity contribution >= 4 is 45.8 Å². The van der Waals surface area contributed by atoms with E-state index < -0.39 is 10.4 Å². The van der Waals surface area contributed by atoms with Gasteiger partial charge in [0, 0.05) is 75.2 Å². The van der Waals surface area contributed by atoms with Gasteiger partial charge in [0.1, 0.15) is 0 Å². The fraction of sp³-hybridized carbons (Fsp3) is 0.462. The van der Waals surface area contributed by atoms with E-state index >= 15 is 0 Å². The van der Waals surface area contributed by atoms with Gasteiger partial charge in [0.05, 0.1) is 0 Å². The van der Waals surface area contributed by atoms with Crippen molar-refractivity contribution in [2.24, 2.45) is 11.5 Å². The molecule has 12 nitrogen and oxygen atoms in total. The van der Waals surface area contributed by atoms with Crippen LogP contribution in [0.25, 0.3) is 0 Å². The summed E-state index contributed by atoms with van der Waals surface area (Å²) in [5.41, 5.74) is 13.8. The van der Waals surface area contributed by atoms with E-state index in [1.54, 1.807) is 23.5 Å². The number of piperazine rings is 2. The van der Waals surface area contributed by atoms with E-state index in [0.717, 1.165) is 65.4 Å². The van der Waals surface area contributed by atoms with Crippen molar-refractivity contribution < 1.29 is 17.5 Å². The molecule has 2 aromatic carbocycles. The molecule has 0 unspecified atom stereocenters. The van der Waals surface area contributed by atoms with Gasteiger partial charge in [0.15, 0.2) is 11.9 Å². The highest BCUT2D eigenvalue weighted by molar-refractivity contribution is 7.98. The Labute approximate surface area is 252 Å². The lowest BCUT2D eigenvalue weighted by molar-refractivity contribution is 0.173. The van der Waals surface area contributed by atoms with Gasteiger partial charge in [-0.2, -0.15) is 8.42 Å². The van der Waals surface area contributed by atoms with E-state index in [1.807, 2.05) is 9.80 Å². The lowest BCUT2D eigenvalue weighted by atomic mass is 10.2. The van der Waals surface area contributed by atoms with Crippen LogP contribution in [0.15, 0.2) is 58.3 Å². The summed E-state index contributed by atoms with van der Waals surface area (Å²) < 4.78 is 31.6. The van der Waals surface area contributed by atoms with Crippen LogP contribution in [0.4, 0.5) is 0 Å². The lowest BCUT2D eigenvalue weighted by Crippen LogP contribution is -2.50. The van der Waals surface area contributed by atoms with Gasteiger partial charge in [-0.1, -0.05) is 36.4 Å². The van der Waals surface area contributed by atoms with E-state index in [0.29, 0.717) is 0 Å². The van der Waals surface area contributed by atoms with Gasteiger partial charge in [-0.15, -0.1) is 23.5 Å². The molecular formula is C26H42N8O4S3. The summed E-state index contributed by atoms with van der Waals surface area (Å²) in [4.78, 5) is 11.4. The minimum Gasteiger partial charge on any atom is -0.370 e. The van der Waals surface area contributed by atoms with Crippen LogP contribution in [-0.2, 0) is 23.5 Å². The lowest BCUT2D eigenvalue weighted by Gasteiger charge is -2.35. The third-order valence-electron chi connectivity index (χ3n) is 6.60. The third kappa shape index (κ3) is 13.3. The number of hydrogen-bond acceptors (Lipinski definition) is 8. The molecule has 0 aliphatic carbocycles. The van der Waals surface area contributed by atoms with Crippen molar-refractivity contribution in [3.8, 4) is 0 Å². The number of benzene rings is 2. The first kappa shape index (κ1) is 34.7. The third-order valence-corrected chi connectivity index (χ3v) is 8.28. The van der Waals surface area contributed by atoms with Gasteiger partial charge in [-0.25, -0.2) is 0 Å². The minimum atomic E-state index is -4.67. The molecule has 0 atom stereocenters. The van der Waals surface area contributed by atoms with Crippen molar-refractivity contribution in [3.63, 3.8) is 0 Å². The predicted molar refractivity (Wildman–Crippen MR) is 168 cm³/mol. The number of rotatable bonds is 6. The highest BCUT2D eigenvalue weighted by Crippen LogP contribution is 2.22. The molecule has 2 aromatic rings. The Morgan fingerprint density at radius 1 is 0.707 bits per heavy atom. The van der Waals surface area contributed by atoms with Crippen molar-refractivity contribution in [1.29, 1.82) is 10.8 Å². The maximum atomic E-state index is 8.74. The molecule has 2 aliphatic heterocycles. The van der Waals surface area contributed by atoms with Crippen LogP contribution in [0.2, 0.25) is 0 Å². The highest BCUT2D eigenvalue weighted by Gasteiger charge is 2.19. The van der Waals surface area contributed by atoms with Gasteiger partial charge in [-0.05, 0) is 35.8 Å². The molecule has 0 spiro atoms. The SMILES string of the molecule is CSc1ccccc1CN1CCN(C(=N)N)CC1.CSc1ccccc1CN1CCN(C(=N)N)CC1.O=S(=O)(O)O. The van der Waals surface area contributed by atoms with E-state index in [4.69, 9.17) is 39.8 Å². The maximum absolute atomic E-state index is 8.74. The average Bonchev–Trinajstić information content (AvgIpc) is 2.94. The Morgan fingerprint density at radius 2 is 1.00 bits per heavy atom. The van der Waals surface area contributed by atoms with Crippen LogP contribution < -0.4 is 11.5 Å². The predicted octanol–water partition coefficient (Wildman–Crippen LogP) is 2.19. The molecule has 2 saturated heterocycles. The molecule has 4 rings (SSSR count). The van der Waals surface area contributed by atoms with Crippen molar-refractivity contribution in [2.45, 2.75) is 22.9 Å². The fourth-order valence-electron chi connectivity index (χ4n) is 4.44. The molecule has 0 aromatic heterocycles. The number of thioether (sulfide) groups is 2. The summed E-state index contributed by atoms with van der Waals surface area (Å²) in [7, 11) is -4.67. The van der Waals surface area contributed by atoms with Crippen molar-refractivity contribution in [2.75, 3.05) is 64.9 Å².